The minimum atomic E-state index is -0.343. The summed E-state index contributed by atoms with van der Waals surface area (Å²) in [5.41, 5.74) is 6.57. The zero-order valence-electron chi connectivity index (χ0n) is 19.7. The van der Waals surface area contributed by atoms with Gasteiger partial charge in [0.05, 0.1) is 38.9 Å². The smallest absolute Gasteiger partial charge is 0.277 e. The first-order chi connectivity index (χ1) is 18.2. The third kappa shape index (κ3) is 3.23. The molecule has 6 heteroatoms. The molecule has 0 saturated carbocycles. The lowest BCUT2D eigenvalue weighted by atomic mass is 10.0. The summed E-state index contributed by atoms with van der Waals surface area (Å²) in [6, 6.07) is 37.6. The second-order valence-electron chi connectivity index (χ2n) is 8.96. The second kappa shape index (κ2) is 8.17. The number of rotatable bonds is 4. The van der Waals surface area contributed by atoms with Crippen LogP contribution in [0.3, 0.4) is 0 Å². The van der Waals surface area contributed by atoms with Gasteiger partial charge in [-0.25, -0.2) is 4.68 Å². The van der Waals surface area contributed by atoms with E-state index in [1.54, 1.807) is 12.1 Å². The second-order valence-corrected chi connectivity index (χ2v) is 8.96. The molecule has 0 radical (unpaired) electrons. The third-order valence-corrected chi connectivity index (χ3v) is 6.90. The van der Waals surface area contributed by atoms with Gasteiger partial charge in [0, 0.05) is 27.9 Å². The summed E-state index contributed by atoms with van der Waals surface area (Å²) < 4.78 is 4.20. The van der Waals surface area contributed by atoms with Gasteiger partial charge in [0.15, 0.2) is 0 Å². The first kappa shape index (κ1) is 21.1. The number of aromatic nitrogens is 3. The molecule has 0 saturated heterocycles. The van der Waals surface area contributed by atoms with E-state index in [0.29, 0.717) is 5.56 Å². The Bertz CT molecular complexity index is 1970. The molecule has 6 nitrogen and oxygen atoms in total. The Morgan fingerprint density at radius 3 is 2.27 bits per heavy atom. The molecule has 0 atom stereocenters. The first-order valence-electron chi connectivity index (χ1n) is 12.0. The van der Waals surface area contributed by atoms with Crippen LogP contribution in [0.2, 0.25) is 0 Å². The molecule has 0 aliphatic rings. The Morgan fingerprint density at radius 1 is 0.649 bits per heavy atom. The van der Waals surface area contributed by atoms with Crippen molar-refractivity contribution in [2.75, 3.05) is 0 Å². The van der Waals surface area contributed by atoms with Crippen LogP contribution < -0.4 is 0 Å². The molecule has 7 rings (SSSR count). The average Bonchev–Trinajstić information content (AvgIpc) is 3.53. The monoisotopic (exact) mass is 480 g/mol. The van der Waals surface area contributed by atoms with Gasteiger partial charge >= 0.3 is 0 Å². The van der Waals surface area contributed by atoms with Gasteiger partial charge in [-0.1, -0.05) is 60.7 Å². The SMILES string of the molecule is O=[N+]([O-])c1ccccc1-c1cccc(-n2ncc3c2ccc2c4ccccc4n(-c4ccccc4)c23)c1. The minimum absolute atomic E-state index is 0.0825. The Morgan fingerprint density at radius 2 is 1.41 bits per heavy atom. The molecule has 2 aromatic heterocycles. The van der Waals surface area contributed by atoms with E-state index < -0.39 is 0 Å². The van der Waals surface area contributed by atoms with Gasteiger partial charge in [-0.3, -0.25) is 10.1 Å². The van der Waals surface area contributed by atoms with Crippen molar-refractivity contribution < 1.29 is 4.92 Å². The van der Waals surface area contributed by atoms with E-state index in [1.165, 1.54) is 16.8 Å². The van der Waals surface area contributed by atoms with Gasteiger partial charge in [-0.2, -0.15) is 5.10 Å². The van der Waals surface area contributed by atoms with Crippen LogP contribution >= 0.6 is 0 Å². The van der Waals surface area contributed by atoms with Crippen molar-refractivity contribution in [2.24, 2.45) is 0 Å². The molecule has 2 heterocycles. The average molecular weight is 481 g/mol. The molecular weight excluding hydrogens is 460 g/mol. The summed E-state index contributed by atoms with van der Waals surface area (Å²) in [6.07, 6.45) is 1.91. The van der Waals surface area contributed by atoms with Crippen molar-refractivity contribution >= 4 is 38.4 Å². The van der Waals surface area contributed by atoms with Crippen LogP contribution in [0.4, 0.5) is 5.69 Å². The standard InChI is InChI=1S/C31H20N4O2/c36-35(37)30-16-7-4-13-24(30)21-9-8-12-23(19-21)34-29-18-17-26-25-14-5-6-15-28(25)33(22-10-2-1-3-11-22)31(26)27(29)20-32-34/h1-20H. The Balaban J connectivity index is 1.48. The maximum Gasteiger partial charge on any atom is 0.277 e. The van der Waals surface area contributed by atoms with E-state index in [2.05, 4.69) is 53.1 Å². The van der Waals surface area contributed by atoms with Gasteiger partial charge < -0.3 is 4.57 Å². The maximum atomic E-state index is 11.6. The third-order valence-electron chi connectivity index (χ3n) is 6.90. The molecule has 5 aromatic carbocycles. The van der Waals surface area contributed by atoms with E-state index in [-0.39, 0.29) is 10.6 Å². The number of nitrogens with zero attached hydrogens (tertiary/aromatic N) is 4. The van der Waals surface area contributed by atoms with Crippen molar-refractivity contribution in [1.29, 1.82) is 0 Å². The van der Waals surface area contributed by atoms with Crippen LogP contribution in [0.25, 0.3) is 55.2 Å². The highest BCUT2D eigenvalue weighted by atomic mass is 16.6. The molecular formula is C31H20N4O2. The molecule has 0 fully saturated rings. The number of fused-ring (bicyclic) bond motifs is 5. The highest BCUT2D eigenvalue weighted by Gasteiger charge is 2.18. The van der Waals surface area contributed by atoms with Crippen LogP contribution in [0.5, 0.6) is 0 Å². The number of benzene rings is 5. The zero-order chi connectivity index (χ0) is 24.9. The lowest BCUT2D eigenvalue weighted by Crippen LogP contribution is -1.97. The van der Waals surface area contributed by atoms with E-state index in [4.69, 9.17) is 5.10 Å². The molecule has 176 valence electrons. The Kier molecular flexibility index (Phi) is 4.66. The topological polar surface area (TPSA) is 65.9 Å². The van der Waals surface area contributed by atoms with Crippen LogP contribution in [-0.4, -0.2) is 19.3 Å². The van der Waals surface area contributed by atoms with E-state index in [1.807, 2.05) is 59.4 Å². The van der Waals surface area contributed by atoms with Crippen LogP contribution in [0.15, 0.2) is 121 Å². The summed E-state index contributed by atoms with van der Waals surface area (Å²) in [7, 11) is 0. The van der Waals surface area contributed by atoms with Crippen LogP contribution in [0, 0.1) is 10.1 Å². The number of nitro groups is 1. The van der Waals surface area contributed by atoms with Gasteiger partial charge in [-0.15, -0.1) is 0 Å². The molecule has 7 aromatic rings. The van der Waals surface area contributed by atoms with Crippen LogP contribution in [-0.2, 0) is 0 Å². The van der Waals surface area contributed by atoms with Gasteiger partial charge in [0.25, 0.3) is 5.69 Å². The first-order valence-corrected chi connectivity index (χ1v) is 12.0. The zero-order valence-corrected chi connectivity index (χ0v) is 19.7. The molecule has 0 bridgehead atoms. The highest BCUT2D eigenvalue weighted by molar-refractivity contribution is 6.18. The number of hydrogen-bond acceptors (Lipinski definition) is 3. The normalized spacial score (nSPS) is 11.5. The van der Waals surface area contributed by atoms with Crippen molar-refractivity contribution in [3.8, 4) is 22.5 Å². The number of para-hydroxylation sites is 3. The fourth-order valence-electron chi connectivity index (χ4n) is 5.30. The van der Waals surface area contributed by atoms with Crippen molar-refractivity contribution in [1.82, 2.24) is 14.3 Å². The molecule has 37 heavy (non-hydrogen) atoms. The summed E-state index contributed by atoms with van der Waals surface area (Å²) >= 11 is 0. The number of nitro benzene ring substituents is 1. The molecule has 0 spiro atoms. The fourth-order valence-corrected chi connectivity index (χ4v) is 5.30. The Labute approximate surface area is 211 Å². The lowest BCUT2D eigenvalue weighted by Gasteiger charge is -2.09. The summed E-state index contributed by atoms with van der Waals surface area (Å²) in [4.78, 5) is 11.3. The van der Waals surface area contributed by atoms with Crippen molar-refractivity contribution in [2.45, 2.75) is 0 Å². The summed E-state index contributed by atoms with van der Waals surface area (Å²) in [6.45, 7) is 0. The van der Waals surface area contributed by atoms with Crippen molar-refractivity contribution in [3.05, 3.63) is 132 Å². The lowest BCUT2D eigenvalue weighted by molar-refractivity contribution is -0.384. The summed E-state index contributed by atoms with van der Waals surface area (Å²) in [5.74, 6) is 0. The van der Waals surface area contributed by atoms with Crippen molar-refractivity contribution in [3.63, 3.8) is 0 Å². The predicted molar refractivity (Wildman–Crippen MR) is 147 cm³/mol. The summed E-state index contributed by atoms with van der Waals surface area (Å²) in [5, 5.41) is 19.8. The fraction of sp³-hybridized carbons (Fsp3) is 0. The van der Waals surface area contributed by atoms with Gasteiger partial charge in [-0.05, 0) is 54.1 Å². The van der Waals surface area contributed by atoms with E-state index in [0.717, 1.165) is 38.9 Å². The van der Waals surface area contributed by atoms with Gasteiger partial charge in [0.2, 0.25) is 0 Å². The predicted octanol–water partition coefficient (Wildman–Crippen LogP) is 7.70. The van der Waals surface area contributed by atoms with Gasteiger partial charge in [0.1, 0.15) is 0 Å². The van der Waals surface area contributed by atoms with Crippen LogP contribution in [0.1, 0.15) is 0 Å². The molecule has 0 unspecified atom stereocenters. The minimum Gasteiger partial charge on any atom is -0.309 e. The largest absolute Gasteiger partial charge is 0.309 e. The Hall–Kier alpha value is -5.23. The highest BCUT2D eigenvalue weighted by Crippen LogP contribution is 2.37. The number of hydrogen-bond donors (Lipinski definition) is 0. The molecule has 0 aliphatic carbocycles. The quantitative estimate of drug-likeness (QED) is 0.191. The van der Waals surface area contributed by atoms with E-state index >= 15 is 0 Å². The molecule has 0 amide bonds. The molecule has 0 N–H and O–H groups in total. The maximum absolute atomic E-state index is 11.6. The van der Waals surface area contributed by atoms with E-state index in [9.17, 15) is 10.1 Å². The molecule has 0 aliphatic heterocycles.